The van der Waals surface area contributed by atoms with Gasteiger partial charge < -0.3 is 9.84 Å². The number of aliphatic carboxylic acids is 1. The summed E-state index contributed by atoms with van der Waals surface area (Å²) in [6, 6.07) is 12.3. The minimum absolute atomic E-state index is 0.00832. The number of carboxylic acids is 1. The van der Waals surface area contributed by atoms with Crippen molar-refractivity contribution in [3.8, 4) is 5.75 Å². The first-order chi connectivity index (χ1) is 12.5. The van der Waals surface area contributed by atoms with Crippen LogP contribution in [-0.2, 0) is 21.1 Å². The predicted octanol–water partition coefficient (Wildman–Crippen LogP) is 3.76. The Morgan fingerprint density at radius 3 is 2.42 bits per heavy atom. The summed E-state index contributed by atoms with van der Waals surface area (Å²) in [5.74, 6) is 0.199. The fourth-order valence-electron chi connectivity index (χ4n) is 2.69. The largest absolute Gasteiger partial charge is 0.481 e. The first kappa shape index (κ1) is 17.9. The third kappa shape index (κ3) is 4.03. The Balaban J connectivity index is 1.87. The van der Waals surface area contributed by atoms with Gasteiger partial charge in [-0.25, -0.2) is 8.42 Å². The van der Waals surface area contributed by atoms with E-state index in [9.17, 15) is 13.2 Å². The molecule has 0 heterocycles. The minimum Gasteiger partial charge on any atom is -0.481 e. The zero-order valence-electron chi connectivity index (χ0n) is 14.0. The lowest BCUT2D eigenvalue weighted by Crippen LogP contribution is -2.09. The predicted molar refractivity (Wildman–Crippen MR) is 96.8 cm³/mol. The first-order valence-electron chi connectivity index (χ1n) is 8.16. The molecule has 0 aromatic heterocycles. The van der Waals surface area contributed by atoms with Crippen molar-refractivity contribution >= 4 is 15.8 Å². The summed E-state index contributed by atoms with van der Waals surface area (Å²) >= 11 is 0. The van der Waals surface area contributed by atoms with Gasteiger partial charge >= 0.3 is 5.97 Å². The quantitative estimate of drug-likeness (QED) is 0.837. The molecule has 134 valence electrons. The third-order valence-electron chi connectivity index (χ3n) is 3.93. The second-order valence-electron chi connectivity index (χ2n) is 5.84. The first-order valence-corrected chi connectivity index (χ1v) is 9.64. The molecule has 26 heavy (non-hydrogen) atoms. The Hall–Kier alpha value is -2.86. The summed E-state index contributed by atoms with van der Waals surface area (Å²) in [6.45, 7) is 0. The van der Waals surface area contributed by atoms with Crippen LogP contribution in [0.2, 0.25) is 0 Å². The van der Waals surface area contributed by atoms with Gasteiger partial charge in [-0.1, -0.05) is 24.3 Å². The molecule has 0 bridgehead atoms. The molecule has 0 radical (unpaired) electrons. The van der Waals surface area contributed by atoms with Crippen molar-refractivity contribution < 1.29 is 23.1 Å². The Labute approximate surface area is 152 Å². The van der Waals surface area contributed by atoms with Gasteiger partial charge in [-0.15, -0.1) is 0 Å². The van der Waals surface area contributed by atoms with E-state index in [-0.39, 0.29) is 21.8 Å². The van der Waals surface area contributed by atoms with Crippen LogP contribution in [-0.4, -0.2) is 19.5 Å². The highest BCUT2D eigenvalue weighted by Crippen LogP contribution is 2.27. The van der Waals surface area contributed by atoms with Crippen molar-refractivity contribution in [1.82, 2.24) is 0 Å². The maximum atomic E-state index is 12.9. The third-order valence-corrected chi connectivity index (χ3v) is 5.80. The van der Waals surface area contributed by atoms with E-state index in [0.29, 0.717) is 5.75 Å². The number of allylic oxidation sites excluding steroid dienone is 3. The molecule has 6 heteroatoms. The summed E-state index contributed by atoms with van der Waals surface area (Å²) in [5, 5.41) is 9.00. The molecule has 1 N–H and O–H groups in total. The van der Waals surface area contributed by atoms with Crippen LogP contribution in [0.5, 0.6) is 5.75 Å². The molecule has 2 aromatic carbocycles. The van der Waals surface area contributed by atoms with Crippen LogP contribution in [0.25, 0.3) is 0 Å². The fourth-order valence-corrected chi connectivity index (χ4v) is 4.18. The van der Waals surface area contributed by atoms with Crippen molar-refractivity contribution in [2.24, 2.45) is 0 Å². The monoisotopic (exact) mass is 370 g/mol. The van der Waals surface area contributed by atoms with Crippen LogP contribution in [0.3, 0.4) is 0 Å². The number of hydrogen-bond donors (Lipinski definition) is 1. The van der Waals surface area contributed by atoms with E-state index >= 15 is 0 Å². The summed E-state index contributed by atoms with van der Waals surface area (Å²) in [7, 11) is -3.81. The molecule has 0 saturated carbocycles. The lowest BCUT2D eigenvalue weighted by molar-refractivity contribution is -0.136. The van der Waals surface area contributed by atoms with E-state index in [1.54, 1.807) is 24.3 Å². The molecule has 2 aromatic rings. The van der Waals surface area contributed by atoms with Gasteiger partial charge in [0.1, 0.15) is 11.5 Å². The van der Waals surface area contributed by atoms with Crippen LogP contribution in [0.1, 0.15) is 18.4 Å². The van der Waals surface area contributed by atoms with Gasteiger partial charge in [0.25, 0.3) is 0 Å². The van der Waals surface area contributed by atoms with E-state index < -0.39 is 15.8 Å². The van der Waals surface area contributed by atoms with Crippen LogP contribution < -0.4 is 4.74 Å². The number of ether oxygens (including phenoxy) is 1. The summed E-state index contributed by atoms with van der Waals surface area (Å²) < 4.78 is 31.5. The van der Waals surface area contributed by atoms with Gasteiger partial charge in [0.15, 0.2) is 0 Å². The van der Waals surface area contributed by atoms with Crippen molar-refractivity contribution in [3.05, 3.63) is 78.1 Å². The SMILES string of the molecule is O=C(O)Cc1ccccc1S(=O)(=O)c1ccc(OC2=CCCC=C2)cc1. The zero-order chi connectivity index (χ0) is 18.6. The second-order valence-corrected chi connectivity index (χ2v) is 7.76. The number of carboxylic acid groups (broad SMARTS) is 1. The highest BCUT2D eigenvalue weighted by molar-refractivity contribution is 7.91. The van der Waals surface area contributed by atoms with Crippen molar-refractivity contribution in [3.63, 3.8) is 0 Å². The smallest absolute Gasteiger partial charge is 0.307 e. The summed E-state index contributed by atoms with van der Waals surface area (Å²) in [5.41, 5.74) is 0.262. The van der Waals surface area contributed by atoms with Crippen LogP contribution in [0, 0.1) is 0 Å². The maximum Gasteiger partial charge on any atom is 0.307 e. The number of sulfone groups is 1. The zero-order valence-corrected chi connectivity index (χ0v) is 14.8. The van der Waals surface area contributed by atoms with E-state index in [0.717, 1.165) is 18.6 Å². The van der Waals surface area contributed by atoms with Crippen molar-refractivity contribution in [2.45, 2.75) is 29.1 Å². The van der Waals surface area contributed by atoms with E-state index in [1.165, 1.54) is 24.3 Å². The molecule has 1 aliphatic carbocycles. The van der Waals surface area contributed by atoms with Gasteiger partial charge in [-0.3, -0.25) is 4.79 Å². The number of carbonyl (C=O) groups is 1. The second kappa shape index (κ2) is 7.58. The molecule has 0 atom stereocenters. The number of benzene rings is 2. The number of hydrogen-bond acceptors (Lipinski definition) is 4. The molecular formula is C20H18O5S. The van der Waals surface area contributed by atoms with Gasteiger partial charge in [-0.05, 0) is 60.9 Å². The average Bonchev–Trinajstić information content (AvgIpc) is 2.63. The molecule has 1 aliphatic rings. The highest BCUT2D eigenvalue weighted by Gasteiger charge is 2.22. The molecule has 0 saturated heterocycles. The maximum absolute atomic E-state index is 12.9. The van der Waals surface area contributed by atoms with E-state index in [4.69, 9.17) is 9.84 Å². The molecule has 0 amide bonds. The van der Waals surface area contributed by atoms with Gasteiger partial charge in [0.05, 0.1) is 16.2 Å². The lowest BCUT2D eigenvalue weighted by atomic mass is 10.1. The molecule has 0 aliphatic heterocycles. The van der Waals surface area contributed by atoms with Crippen LogP contribution in [0.15, 0.2) is 82.3 Å². The van der Waals surface area contributed by atoms with Crippen LogP contribution in [0.4, 0.5) is 0 Å². The van der Waals surface area contributed by atoms with Crippen LogP contribution >= 0.6 is 0 Å². The normalized spacial score (nSPS) is 13.9. The Bertz CT molecular complexity index is 970. The Morgan fingerprint density at radius 2 is 1.77 bits per heavy atom. The van der Waals surface area contributed by atoms with Crippen molar-refractivity contribution in [1.29, 1.82) is 0 Å². The van der Waals surface area contributed by atoms with E-state index in [2.05, 4.69) is 0 Å². The highest BCUT2D eigenvalue weighted by atomic mass is 32.2. The standard InChI is InChI=1S/C20H18O5S/c21-20(22)14-15-6-4-5-9-19(15)26(23,24)18-12-10-17(11-13-18)25-16-7-2-1-3-8-16/h2,4-13H,1,3,14H2,(H,21,22). The van der Waals surface area contributed by atoms with E-state index in [1.807, 2.05) is 18.2 Å². The molecule has 0 unspecified atom stereocenters. The molecule has 3 rings (SSSR count). The topological polar surface area (TPSA) is 80.7 Å². The summed E-state index contributed by atoms with van der Waals surface area (Å²) in [4.78, 5) is 11.1. The molecule has 0 fully saturated rings. The Morgan fingerprint density at radius 1 is 1.04 bits per heavy atom. The lowest BCUT2D eigenvalue weighted by Gasteiger charge is -2.11. The summed E-state index contributed by atoms with van der Waals surface area (Å²) in [6.07, 6.45) is 7.44. The average molecular weight is 370 g/mol. The number of rotatable bonds is 6. The molecule has 5 nitrogen and oxygen atoms in total. The van der Waals surface area contributed by atoms with Crippen molar-refractivity contribution in [2.75, 3.05) is 0 Å². The minimum atomic E-state index is -3.81. The Kier molecular flexibility index (Phi) is 5.23. The van der Waals surface area contributed by atoms with Gasteiger partial charge in [-0.2, -0.15) is 0 Å². The van der Waals surface area contributed by atoms with Gasteiger partial charge in [0, 0.05) is 0 Å². The molecular weight excluding hydrogens is 352 g/mol. The fraction of sp³-hybridized carbons (Fsp3) is 0.150. The molecule has 0 spiro atoms. The van der Waals surface area contributed by atoms with Gasteiger partial charge in [0.2, 0.25) is 9.84 Å².